The highest BCUT2D eigenvalue weighted by molar-refractivity contribution is 7.10. The van der Waals surface area contributed by atoms with Crippen LogP contribution in [0.15, 0.2) is 52.9 Å². The lowest BCUT2D eigenvalue weighted by Gasteiger charge is -2.21. The van der Waals surface area contributed by atoms with Crippen LogP contribution in [-0.2, 0) is 11.3 Å². The third kappa shape index (κ3) is 3.38. The number of para-hydroxylation sites is 1. The van der Waals surface area contributed by atoms with Gasteiger partial charge in [0.15, 0.2) is 0 Å². The highest BCUT2D eigenvalue weighted by atomic mass is 32.1. The summed E-state index contributed by atoms with van der Waals surface area (Å²) in [7, 11) is 0. The summed E-state index contributed by atoms with van der Waals surface area (Å²) in [4.78, 5) is 30.2. The molecule has 1 atom stereocenters. The number of aromatic nitrogens is 2. The zero-order valence-corrected chi connectivity index (χ0v) is 14.4. The maximum atomic E-state index is 12.5. The molecule has 0 saturated carbocycles. The highest BCUT2D eigenvalue weighted by Crippen LogP contribution is 2.25. The second-order valence-electron chi connectivity index (χ2n) is 6.00. The molecule has 2 heterocycles. The molecular weight excluding hydrogens is 322 g/mol. The first kappa shape index (κ1) is 16.4. The number of benzene rings is 1. The lowest BCUT2D eigenvalue weighted by atomic mass is 10.0. The Morgan fingerprint density at radius 2 is 2.04 bits per heavy atom. The predicted octanol–water partition coefficient (Wildman–Crippen LogP) is 2.97. The quantitative estimate of drug-likeness (QED) is 0.776. The summed E-state index contributed by atoms with van der Waals surface area (Å²) in [5.41, 5.74) is 0.436. The highest BCUT2D eigenvalue weighted by Gasteiger charge is 2.19. The number of nitrogens with one attached hydrogen (secondary N) is 1. The van der Waals surface area contributed by atoms with E-state index in [-0.39, 0.29) is 30.0 Å². The average Bonchev–Trinajstić information content (AvgIpc) is 3.09. The van der Waals surface area contributed by atoms with Crippen molar-refractivity contribution in [2.75, 3.05) is 0 Å². The van der Waals surface area contributed by atoms with E-state index in [0.717, 1.165) is 4.88 Å². The fourth-order valence-electron chi connectivity index (χ4n) is 2.63. The molecule has 6 heteroatoms. The molecule has 1 amide bonds. The van der Waals surface area contributed by atoms with E-state index >= 15 is 0 Å². The third-order valence-corrected chi connectivity index (χ3v) is 4.83. The van der Waals surface area contributed by atoms with Crippen LogP contribution in [0.1, 0.15) is 24.8 Å². The van der Waals surface area contributed by atoms with Gasteiger partial charge in [0.2, 0.25) is 5.91 Å². The minimum atomic E-state index is -0.201. The molecule has 3 rings (SSSR count). The number of rotatable bonds is 5. The molecule has 0 bridgehead atoms. The van der Waals surface area contributed by atoms with Crippen molar-refractivity contribution in [3.63, 3.8) is 0 Å². The monoisotopic (exact) mass is 341 g/mol. The Hall–Kier alpha value is -2.47. The number of thiophene rings is 1. The predicted molar refractivity (Wildman–Crippen MR) is 96.0 cm³/mol. The number of fused-ring (bicyclic) bond motifs is 1. The van der Waals surface area contributed by atoms with Crippen LogP contribution >= 0.6 is 11.3 Å². The molecule has 3 aromatic rings. The topological polar surface area (TPSA) is 64.0 Å². The van der Waals surface area contributed by atoms with Gasteiger partial charge in [-0.1, -0.05) is 32.0 Å². The van der Waals surface area contributed by atoms with Crippen molar-refractivity contribution in [3.8, 4) is 0 Å². The van der Waals surface area contributed by atoms with Gasteiger partial charge in [-0.2, -0.15) is 0 Å². The Morgan fingerprint density at radius 3 is 2.75 bits per heavy atom. The molecule has 1 aromatic carbocycles. The maximum absolute atomic E-state index is 12.5. The number of carbonyl (C=O) groups excluding carboxylic acids is 1. The van der Waals surface area contributed by atoms with Crippen molar-refractivity contribution in [1.82, 2.24) is 14.9 Å². The van der Waals surface area contributed by atoms with E-state index in [4.69, 9.17) is 0 Å². The maximum Gasteiger partial charge on any atom is 0.261 e. The van der Waals surface area contributed by atoms with Gasteiger partial charge >= 0.3 is 0 Å². The zero-order valence-electron chi connectivity index (χ0n) is 13.6. The second-order valence-corrected chi connectivity index (χ2v) is 6.98. The fourth-order valence-corrected chi connectivity index (χ4v) is 3.58. The Bertz CT molecular complexity index is 900. The summed E-state index contributed by atoms with van der Waals surface area (Å²) in [6, 6.07) is 11.1. The Kier molecular flexibility index (Phi) is 4.76. The van der Waals surface area contributed by atoms with Gasteiger partial charge in [0.1, 0.15) is 6.54 Å². The smallest absolute Gasteiger partial charge is 0.261 e. The lowest BCUT2D eigenvalue weighted by Crippen LogP contribution is -2.36. The number of hydrogen-bond acceptors (Lipinski definition) is 4. The molecule has 0 unspecified atom stereocenters. The van der Waals surface area contributed by atoms with E-state index in [1.165, 1.54) is 10.9 Å². The molecule has 0 radical (unpaired) electrons. The SMILES string of the molecule is CC(C)[C@@H](NC(=O)Cn1cnc2ccccc2c1=O)c1cccs1. The second kappa shape index (κ2) is 6.97. The van der Waals surface area contributed by atoms with E-state index < -0.39 is 0 Å². The standard InChI is InChI=1S/C18H19N3O2S/c1-12(2)17(15-8-5-9-24-15)20-16(22)10-21-11-19-14-7-4-3-6-13(14)18(21)23/h3-9,11-12,17H,10H2,1-2H3,(H,20,22)/t17-/m1/s1. The van der Waals surface area contributed by atoms with E-state index in [9.17, 15) is 9.59 Å². The van der Waals surface area contributed by atoms with Crippen molar-refractivity contribution in [2.45, 2.75) is 26.4 Å². The molecule has 0 saturated heterocycles. The zero-order chi connectivity index (χ0) is 17.1. The van der Waals surface area contributed by atoms with Crippen molar-refractivity contribution >= 4 is 28.1 Å². The van der Waals surface area contributed by atoms with Crippen LogP contribution in [0, 0.1) is 5.92 Å². The van der Waals surface area contributed by atoms with Crippen LogP contribution in [0.3, 0.4) is 0 Å². The van der Waals surface area contributed by atoms with Gasteiger partial charge in [-0.15, -0.1) is 11.3 Å². The molecule has 0 aliphatic heterocycles. The van der Waals surface area contributed by atoms with Crippen LogP contribution in [0.5, 0.6) is 0 Å². The van der Waals surface area contributed by atoms with Gasteiger partial charge in [-0.05, 0) is 29.5 Å². The third-order valence-electron chi connectivity index (χ3n) is 3.88. The first-order valence-corrected chi connectivity index (χ1v) is 8.71. The largest absolute Gasteiger partial charge is 0.347 e. The summed E-state index contributed by atoms with van der Waals surface area (Å²) >= 11 is 1.62. The lowest BCUT2D eigenvalue weighted by molar-refractivity contribution is -0.122. The Morgan fingerprint density at radius 1 is 1.25 bits per heavy atom. The van der Waals surface area contributed by atoms with Crippen LogP contribution in [0.25, 0.3) is 10.9 Å². The van der Waals surface area contributed by atoms with Gasteiger partial charge in [-0.3, -0.25) is 14.2 Å². The normalized spacial score (nSPS) is 12.5. The van der Waals surface area contributed by atoms with Gasteiger partial charge in [0, 0.05) is 4.88 Å². The fraction of sp³-hybridized carbons (Fsp3) is 0.278. The molecule has 0 aliphatic carbocycles. The molecule has 24 heavy (non-hydrogen) atoms. The summed E-state index contributed by atoms with van der Waals surface area (Å²) in [6.45, 7) is 4.09. The number of hydrogen-bond donors (Lipinski definition) is 1. The average molecular weight is 341 g/mol. The van der Waals surface area contributed by atoms with Gasteiger partial charge in [0.25, 0.3) is 5.56 Å². The molecule has 0 spiro atoms. The van der Waals surface area contributed by atoms with Gasteiger partial charge in [-0.25, -0.2) is 4.98 Å². The molecule has 0 aliphatic rings. The van der Waals surface area contributed by atoms with Crippen LogP contribution < -0.4 is 10.9 Å². The minimum absolute atomic E-state index is 0.0364. The van der Waals surface area contributed by atoms with E-state index in [1.807, 2.05) is 23.6 Å². The van der Waals surface area contributed by atoms with Gasteiger partial charge in [0.05, 0.1) is 23.3 Å². The molecule has 0 fully saturated rings. The number of amides is 1. The van der Waals surface area contributed by atoms with Crippen LogP contribution in [0.4, 0.5) is 0 Å². The number of carbonyl (C=O) groups is 1. The van der Waals surface area contributed by atoms with E-state index in [1.54, 1.807) is 29.5 Å². The van der Waals surface area contributed by atoms with Crippen molar-refractivity contribution in [1.29, 1.82) is 0 Å². The summed E-state index contributed by atoms with van der Waals surface area (Å²) in [5, 5.41) is 5.54. The summed E-state index contributed by atoms with van der Waals surface area (Å²) < 4.78 is 1.35. The molecule has 5 nitrogen and oxygen atoms in total. The Balaban J connectivity index is 1.80. The van der Waals surface area contributed by atoms with Crippen molar-refractivity contribution in [2.24, 2.45) is 5.92 Å². The van der Waals surface area contributed by atoms with Crippen molar-refractivity contribution in [3.05, 3.63) is 63.3 Å². The minimum Gasteiger partial charge on any atom is -0.347 e. The van der Waals surface area contributed by atoms with Gasteiger partial charge < -0.3 is 5.32 Å². The summed E-state index contributed by atoms with van der Waals surface area (Å²) in [5.74, 6) is 0.0698. The van der Waals surface area contributed by atoms with E-state index in [0.29, 0.717) is 10.9 Å². The van der Waals surface area contributed by atoms with Crippen molar-refractivity contribution < 1.29 is 4.79 Å². The van der Waals surface area contributed by atoms with Crippen LogP contribution in [0.2, 0.25) is 0 Å². The number of nitrogens with zero attached hydrogens (tertiary/aromatic N) is 2. The summed E-state index contributed by atoms with van der Waals surface area (Å²) in [6.07, 6.45) is 1.43. The van der Waals surface area contributed by atoms with Crippen LogP contribution in [-0.4, -0.2) is 15.5 Å². The molecule has 2 aromatic heterocycles. The molecule has 124 valence electrons. The molecular formula is C18H19N3O2S. The van der Waals surface area contributed by atoms with E-state index in [2.05, 4.69) is 24.1 Å². The first-order valence-electron chi connectivity index (χ1n) is 7.83. The first-order chi connectivity index (χ1) is 11.6. The molecule has 1 N–H and O–H groups in total. The Labute approximate surface area is 144 Å².